The SMILES string of the molecule is CC(C)c1cnc(N2CCC(COc3ccc(-c4ccc5c(c4)OCS5(=O)=O)cc3F)CC2)nc1. The fourth-order valence-corrected chi connectivity index (χ4v) is 5.47. The van der Waals surface area contributed by atoms with Gasteiger partial charge < -0.3 is 14.4 Å². The fourth-order valence-electron chi connectivity index (χ4n) is 4.36. The first-order valence-corrected chi connectivity index (χ1v) is 13.4. The van der Waals surface area contributed by atoms with E-state index < -0.39 is 15.7 Å². The summed E-state index contributed by atoms with van der Waals surface area (Å²) in [5.41, 5.74) is 2.44. The van der Waals surface area contributed by atoms with E-state index in [-0.39, 0.29) is 16.6 Å². The standard InChI is InChI=1S/C26H28FN3O4S/c1-17(2)21-13-28-26(29-14-21)30-9-7-18(8-10-30)15-33-23-5-3-19(11-22(23)27)20-4-6-25-24(12-20)34-16-35(25,31)32/h3-6,11-14,17-18H,7-10,15-16H2,1-2H3. The molecule has 2 aliphatic rings. The van der Waals surface area contributed by atoms with Gasteiger partial charge in [-0.1, -0.05) is 26.0 Å². The second-order valence-corrected chi connectivity index (χ2v) is 11.3. The number of ether oxygens (including phenoxy) is 2. The number of aromatic nitrogens is 2. The molecule has 0 N–H and O–H groups in total. The number of anilines is 1. The highest BCUT2D eigenvalue weighted by atomic mass is 32.2. The molecule has 1 fully saturated rings. The van der Waals surface area contributed by atoms with E-state index in [1.807, 2.05) is 12.4 Å². The van der Waals surface area contributed by atoms with Gasteiger partial charge in [0.1, 0.15) is 10.6 Å². The Morgan fingerprint density at radius 3 is 2.46 bits per heavy atom. The molecule has 2 aromatic carbocycles. The zero-order valence-electron chi connectivity index (χ0n) is 19.8. The third-order valence-corrected chi connectivity index (χ3v) is 8.05. The van der Waals surface area contributed by atoms with E-state index in [2.05, 4.69) is 28.7 Å². The van der Waals surface area contributed by atoms with Gasteiger partial charge in [0.2, 0.25) is 15.8 Å². The maximum Gasteiger partial charge on any atom is 0.225 e. The molecule has 0 unspecified atom stereocenters. The first-order chi connectivity index (χ1) is 16.8. The number of piperidine rings is 1. The third-order valence-electron chi connectivity index (χ3n) is 6.61. The Hall–Kier alpha value is -3.20. The molecule has 0 amide bonds. The van der Waals surface area contributed by atoms with Gasteiger partial charge in [-0.05, 0) is 65.6 Å². The summed E-state index contributed by atoms with van der Waals surface area (Å²) in [6.07, 6.45) is 5.64. The van der Waals surface area contributed by atoms with E-state index in [1.165, 1.54) is 12.1 Å². The Bertz CT molecular complexity index is 1320. The second kappa shape index (κ2) is 9.45. The lowest BCUT2D eigenvalue weighted by molar-refractivity contribution is 0.215. The van der Waals surface area contributed by atoms with E-state index in [1.54, 1.807) is 24.3 Å². The molecule has 5 rings (SSSR count). The van der Waals surface area contributed by atoms with Gasteiger partial charge in [0.25, 0.3) is 0 Å². The molecule has 0 aliphatic carbocycles. The van der Waals surface area contributed by atoms with E-state index in [9.17, 15) is 12.8 Å². The van der Waals surface area contributed by atoms with Crippen molar-refractivity contribution in [3.8, 4) is 22.6 Å². The highest BCUT2D eigenvalue weighted by Crippen LogP contribution is 2.36. The summed E-state index contributed by atoms with van der Waals surface area (Å²) < 4.78 is 49.7. The molecule has 3 aromatic rings. The lowest BCUT2D eigenvalue weighted by Crippen LogP contribution is -2.36. The monoisotopic (exact) mass is 497 g/mol. The minimum atomic E-state index is -3.39. The maximum atomic E-state index is 14.8. The molecule has 0 radical (unpaired) electrons. The fraction of sp³-hybridized carbons (Fsp3) is 0.385. The number of hydrogen-bond acceptors (Lipinski definition) is 7. The lowest BCUT2D eigenvalue weighted by Gasteiger charge is -2.32. The second-order valence-electron chi connectivity index (χ2n) is 9.40. The Balaban J connectivity index is 1.17. The van der Waals surface area contributed by atoms with Crippen molar-refractivity contribution in [2.24, 2.45) is 5.92 Å². The van der Waals surface area contributed by atoms with Crippen molar-refractivity contribution in [1.82, 2.24) is 9.97 Å². The maximum absolute atomic E-state index is 14.8. The molecule has 3 heterocycles. The van der Waals surface area contributed by atoms with Crippen LogP contribution in [0.4, 0.5) is 10.3 Å². The van der Waals surface area contributed by atoms with Crippen molar-refractivity contribution in [1.29, 1.82) is 0 Å². The smallest absolute Gasteiger partial charge is 0.225 e. The highest BCUT2D eigenvalue weighted by molar-refractivity contribution is 7.91. The van der Waals surface area contributed by atoms with E-state index in [0.717, 1.165) is 37.4 Å². The average Bonchev–Trinajstić information content (AvgIpc) is 3.17. The Morgan fingerprint density at radius 2 is 1.77 bits per heavy atom. The zero-order chi connectivity index (χ0) is 24.6. The van der Waals surface area contributed by atoms with Crippen LogP contribution in [0.2, 0.25) is 0 Å². The largest absolute Gasteiger partial charge is 0.490 e. The molecule has 1 saturated heterocycles. The zero-order valence-corrected chi connectivity index (χ0v) is 20.6. The van der Waals surface area contributed by atoms with Crippen molar-refractivity contribution >= 4 is 15.8 Å². The summed E-state index contributed by atoms with van der Waals surface area (Å²) in [7, 11) is -3.39. The van der Waals surface area contributed by atoms with E-state index in [4.69, 9.17) is 9.47 Å². The van der Waals surface area contributed by atoms with Crippen molar-refractivity contribution in [2.75, 3.05) is 30.5 Å². The number of hydrogen-bond donors (Lipinski definition) is 0. The molecule has 0 spiro atoms. The molecule has 2 aliphatic heterocycles. The molecule has 35 heavy (non-hydrogen) atoms. The predicted molar refractivity (Wildman–Crippen MR) is 131 cm³/mol. The van der Waals surface area contributed by atoms with Gasteiger partial charge in [-0.2, -0.15) is 0 Å². The van der Waals surface area contributed by atoms with Crippen LogP contribution in [0.3, 0.4) is 0 Å². The summed E-state index contributed by atoms with van der Waals surface area (Å²) in [6, 6.07) is 9.59. The van der Waals surface area contributed by atoms with Crippen molar-refractivity contribution in [3.05, 3.63) is 60.2 Å². The number of rotatable bonds is 6. The van der Waals surface area contributed by atoms with Crippen LogP contribution in [-0.4, -0.2) is 44.0 Å². The highest BCUT2D eigenvalue weighted by Gasteiger charge is 2.28. The van der Waals surface area contributed by atoms with Crippen molar-refractivity contribution in [2.45, 2.75) is 37.5 Å². The first-order valence-electron chi connectivity index (χ1n) is 11.8. The molecule has 1 aromatic heterocycles. The number of fused-ring (bicyclic) bond motifs is 1. The summed E-state index contributed by atoms with van der Waals surface area (Å²) in [5, 5.41) is 0. The summed E-state index contributed by atoms with van der Waals surface area (Å²) in [4.78, 5) is 11.4. The Labute approximate surface area is 204 Å². The number of halogens is 1. The van der Waals surface area contributed by atoms with Crippen LogP contribution in [0.1, 0.15) is 38.2 Å². The Kier molecular flexibility index (Phi) is 6.35. The molecule has 184 valence electrons. The molecule has 7 nitrogen and oxygen atoms in total. The summed E-state index contributed by atoms with van der Waals surface area (Å²) in [5.74, 6) is 1.19. The van der Waals surface area contributed by atoms with Crippen LogP contribution < -0.4 is 14.4 Å². The lowest BCUT2D eigenvalue weighted by atomic mass is 9.98. The van der Waals surface area contributed by atoms with Crippen molar-refractivity contribution < 1.29 is 22.3 Å². The van der Waals surface area contributed by atoms with Crippen LogP contribution in [0.5, 0.6) is 11.5 Å². The first kappa shape index (κ1) is 23.5. The van der Waals surface area contributed by atoms with Gasteiger partial charge in [-0.3, -0.25) is 0 Å². The van der Waals surface area contributed by atoms with Gasteiger partial charge >= 0.3 is 0 Å². The minimum absolute atomic E-state index is 0.173. The van der Waals surface area contributed by atoms with Crippen LogP contribution >= 0.6 is 0 Å². The van der Waals surface area contributed by atoms with Crippen LogP contribution in [0.25, 0.3) is 11.1 Å². The van der Waals surface area contributed by atoms with Gasteiger partial charge in [0, 0.05) is 25.5 Å². The van der Waals surface area contributed by atoms with E-state index >= 15 is 0 Å². The molecule has 9 heteroatoms. The molecule has 0 atom stereocenters. The van der Waals surface area contributed by atoms with Gasteiger partial charge in [-0.15, -0.1) is 0 Å². The summed E-state index contributed by atoms with van der Waals surface area (Å²) in [6.45, 7) is 6.37. The topological polar surface area (TPSA) is 81.6 Å². The van der Waals surface area contributed by atoms with Gasteiger partial charge in [0.05, 0.1) is 6.61 Å². The van der Waals surface area contributed by atoms with Crippen LogP contribution in [-0.2, 0) is 9.84 Å². The Morgan fingerprint density at radius 1 is 1.09 bits per heavy atom. The molecule has 0 saturated carbocycles. The van der Waals surface area contributed by atoms with E-state index in [0.29, 0.717) is 35.3 Å². The van der Waals surface area contributed by atoms with Gasteiger partial charge in [-0.25, -0.2) is 22.8 Å². The van der Waals surface area contributed by atoms with Crippen LogP contribution in [0, 0.1) is 11.7 Å². The summed E-state index contributed by atoms with van der Waals surface area (Å²) >= 11 is 0. The van der Waals surface area contributed by atoms with Crippen molar-refractivity contribution in [3.63, 3.8) is 0 Å². The minimum Gasteiger partial charge on any atom is -0.490 e. The number of nitrogens with zero attached hydrogens (tertiary/aromatic N) is 3. The number of benzene rings is 2. The molecule has 0 bridgehead atoms. The van der Waals surface area contributed by atoms with Gasteiger partial charge in [0.15, 0.2) is 17.5 Å². The normalized spacial score (nSPS) is 17.3. The quantitative estimate of drug-likeness (QED) is 0.483. The third kappa shape index (κ3) is 4.96. The average molecular weight is 498 g/mol. The molecular formula is C26H28FN3O4S. The molecular weight excluding hydrogens is 469 g/mol. The predicted octanol–water partition coefficient (Wildman–Crippen LogP) is 4.83. The van der Waals surface area contributed by atoms with Crippen LogP contribution in [0.15, 0.2) is 53.7 Å². The number of sulfone groups is 1.